The van der Waals surface area contributed by atoms with Gasteiger partial charge in [-0.2, -0.15) is 18.3 Å². The number of benzene rings is 1. The molecule has 0 amide bonds. The van der Waals surface area contributed by atoms with E-state index in [1.165, 1.54) is 34.8 Å². The number of aldehydes is 1. The molecule has 0 radical (unpaired) electrons. The molecule has 2 heterocycles. The molecule has 1 unspecified atom stereocenters. The Labute approximate surface area is 172 Å². The molecule has 1 aromatic carbocycles. The number of halogens is 3. The van der Waals surface area contributed by atoms with Gasteiger partial charge < -0.3 is 9.47 Å². The zero-order valence-corrected chi connectivity index (χ0v) is 17.0. The number of nitrogens with zero attached hydrogens (tertiary/aromatic N) is 4. The lowest BCUT2D eigenvalue weighted by Gasteiger charge is -2.13. The van der Waals surface area contributed by atoms with Gasteiger partial charge in [-0.25, -0.2) is 9.67 Å². The lowest BCUT2D eigenvalue weighted by molar-refractivity contribution is -0.139. The largest absolute Gasteiger partial charge is 0.417 e. The number of imidazole rings is 1. The zero-order valence-electron chi connectivity index (χ0n) is 16.2. The van der Waals surface area contributed by atoms with Crippen molar-refractivity contribution >= 4 is 28.1 Å². The first-order valence-electron chi connectivity index (χ1n) is 8.86. The van der Waals surface area contributed by atoms with E-state index in [-0.39, 0.29) is 41.0 Å². The second-order valence-electron chi connectivity index (χ2n) is 6.18. The number of alkyl halides is 3. The summed E-state index contributed by atoms with van der Waals surface area (Å²) in [5.74, 6) is 0.185. The van der Waals surface area contributed by atoms with E-state index >= 15 is 0 Å². The summed E-state index contributed by atoms with van der Waals surface area (Å²) in [4.78, 5) is 14.9. The molecule has 2 aromatic heterocycles. The molecule has 0 bridgehead atoms. The van der Waals surface area contributed by atoms with E-state index in [9.17, 15) is 22.2 Å². The number of hydrogen-bond donors (Lipinski definition) is 0. The highest BCUT2D eigenvalue weighted by Crippen LogP contribution is 2.36. The molecule has 12 heteroatoms. The minimum absolute atomic E-state index is 0.0295. The van der Waals surface area contributed by atoms with Crippen LogP contribution in [0.3, 0.4) is 0 Å². The maximum Gasteiger partial charge on any atom is 0.417 e. The van der Waals surface area contributed by atoms with E-state index in [1.807, 2.05) is 0 Å². The third kappa shape index (κ3) is 4.45. The van der Waals surface area contributed by atoms with Crippen molar-refractivity contribution < 1.29 is 31.6 Å². The molecule has 0 aliphatic rings. The highest BCUT2D eigenvalue weighted by Gasteiger charge is 2.36. The number of hydrogen-bond acceptors (Lipinski definition) is 6. The second kappa shape index (κ2) is 9.06. The van der Waals surface area contributed by atoms with Crippen molar-refractivity contribution in [2.45, 2.75) is 24.7 Å². The van der Waals surface area contributed by atoms with Crippen LogP contribution in [-0.4, -0.2) is 55.9 Å². The molecule has 0 N–H and O–H groups in total. The summed E-state index contributed by atoms with van der Waals surface area (Å²) < 4.78 is 66.3. The van der Waals surface area contributed by atoms with E-state index < -0.39 is 22.5 Å². The molecule has 1 atom stereocenters. The van der Waals surface area contributed by atoms with Crippen molar-refractivity contribution in [1.29, 1.82) is 0 Å². The first kappa shape index (κ1) is 22.1. The molecule has 0 saturated carbocycles. The third-order valence-corrected chi connectivity index (χ3v) is 5.59. The molecule has 0 aliphatic heterocycles. The van der Waals surface area contributed by atoms with Crippen molar-refractivity contribution in [3.8, 4) is 5.95 Å². The number of rotatable bonds is 9. The minimum Gasteiger partial charge on any atom is -0.382 e. The van der Waals surface area contributed by atoms with Gasteiger partial charge in [0, 0.05) is 19.1 Å². The average Bonchev–Trinajstić information content (AvgIpc) is 3.33. The highest BCUT2D eigenvalue weighted by atomic mass is 32.2. The normalized spacial score (nSPS) is 13.1. The van der Waals surface area contributed by atoms with Crippen LogP contribution in [0.25, 0.3) is 17.0 Å². The van der Waals surface area contributed by atoms with Crippen molar-refractivity contribution in [2.75, 3.05) is 26.1 Å². The van der Waals surface area contributed by atoms with Gasteiger partial charge in [0.1, 0.15) is 6.73 Å². The maximum absolute atomic E-state index is 13.6. The van der Waals surface area contributed by atoms with Crippen molar-refractivity contribution in [2.24, 2.45) is 0 Å². The SMILES string of the molecule is CCS(=O)c1cc2c(cc1C(F)(F)F)nc(-n1cc(C=O)cn1)n2COCCOC. The summed E-state index contributed by atoms with van der Waals surface area (Å²) in [6, 6.07) is 2.09. The molecule has 0 aliphatic carbocycles. The van der Waals surface area contributed by atoms with Gasteiger partial charge in [0.15, 0.2) is 6.29 Å². The number of carbonyl (C=O) groups excluding carboxylic acids is 1. The standard InChI is InChI=1S/C18H19F3N4O4S/c1-3-30(27)16-7-15-14(6-13(16)18(19,20)21)23-17(24(15)11-29-5-4-28-2)25-9-12(10-26)8-22-25/h6-10H,3-5,11H2,1-2H3. The van der Waals surface area contributed by atoms with Crippen LogP contribution in [0.2, 0.25) is 0 Å². The monoisotopic (exact) mass is 444 g/mol. The number of ether oxygens (including phenoxy) is 2. The van der Waals surface area contributed by atoms with Crippen LogP contribution in [-0.2, 0) is 33.2 Å². The summed E-state index contributed by atoms with van der Waals surface area (Å²) in [7, 11) is -0.334. The molecule has 3 aromatic rings. The molecule has 0 spiro atoms. The van der Waals surface area contributed by atoms with Gasteiger partial charge in [0.2, 0.25) is 5.95 Å². The summed E-state index contributed by atoms with van der Waals surface area (Å²) >= 11 is 0. The van der Waals surface area contributed by atoms with Gasteiger partial charge in [0.05, 0.1) is 57.3 Å². The summed E-state index contributed by atoms with van der Waals surface area (Å²) in [6.45, 7) is 2.04. The Kier molecular flexibility index (Phi) is 6.68. The number of fused-ring (bicyclic) bond motifs is 1. The predicted octanol–water partition coefficient (Wildman–Crippen LogP) is 2.80. The quantitative estimate of drug-likeness (QED) is 0.373. The van der Waals surface area contributed by atoms with Gasteiger partial charge in [0.25, 0.3) is 0 Å². The Morgan fingerprint density at radius 1 is 1.27 bits per heavy atom. The zero-order chi connectivity index (χ0) is 21.9. The van der Waals surface area contributed by atoms with Crippen LogP contribution in [0, 0.1) is 0 Å². The molecule has 30 heavy (non-hydrogen) atoms. The molecular weight excluding hydrogens is 425 g/mol. The van der Waals surface area contributed by atoms with Crippen LogP contribution >= 0.6 is 0 Å². The van der Waals surface area contributed by atoms with E-state index in [0.29, 0.717) is 18.4 Å². The molecule has 0 fully saturated rings. The van der Waals surface area contributed by atoms with Crippen LogP contribution in [0.4, 0.5) is 13.2 Å². The number of carbonyl (C=O) groups is 1. The summed E-state index contributed by atoms with van der Waals surface area (Å²) in [6.07, 6.45) is -1.39. The fourth-order valence-corrected chi connectivity index (χ4v) is 3.79. The van der Waals surface area contributed by atoms with Gasteiger partial charge in [-0.3, -0.25) is 13.6 Å². The average molecular weight is 444 g/mol. The fourth-order valence-electron chi connectivity index (χ4n) is 2.81. The highest BCUT2D eigenvalue weighted by molar-refractivity contribution is 7.85. The van der Waals surface area contributed by atoms with E-state index in [2.05, 4.69) is 10.1 Å². The van der Waals surface area contributed by atoms with Crippen LogP contribution in [0.5, 0.6) is 0 Å². The van der Waals surface area contributed by atoms with Gasteiger partial charge in [-0.15, -0.1) is 0 Å². The number of methoxy groups -OCH3 is 1. The smallest absolute Gasteiger partial charge is 0.382 e. The lowest BCUT2D eigenvalue weighted by atomic mass is 10.2. The topological polar surface area (TPSA) is 88.2 Å². The third-order valence-electron chi connectivity index (χ3n) is 4.24. The molecule has 8 nitrogen and oxygen atoms in total. The summed E-state index contributed by atoms with van der Waals surface area (Å²) in [5.41, 5.74) is -0.388. The van der Waals surface area contributed by atoms with E-state index in [0.717, 1.165) is 6.07 Å². The molecular formula is C18H19F3N4O4S. The maximum atomic E-state index is 13.6. The Bertz CT molecular complexity index is 1080. The molecule has 162 valence electrons. The fraction of sp³-hybridized carbons (Fsp3) is 0.389. The first-order chi connectivity index (χ1) is 14.3. The predicted molar refractivity (Wildman–Crippen MR) is 102 cm³/mol. The van der Waals surface area contributed by atoms with Gasteiger partial charge >= 0.3 is 6.18 Å². The molecule has 0 saturated heterocycles. The second-order valence-corrected chi connectivity index (χ2v) is 7.88. The van der Waals surface area contributed by atoms with Crippen LogP contribution in [0.15, 0.2) is 29.4 Å². The minimum atomic E-state index is -4.69. The first-order valence-corrected chi connectivity index (χ1v) is 10.2. The van der Waals surface area contributed by atoms with Gasteiger partial charge in [-0.05, 0) is 12.1 Å². The van der Waals surface area contributed by atoms with E-state index in [1.54, 1.807) is 6.92 Å². The van der Waals surface area contributed by atoms with E-state index in [4.69, 9.17) is 9.47 Å². The van der Waals surface area contributed by atoms with Crippen molar-refractivity contribution in [3.05, 3.63) is 35.7 Å². The Morgan fingerprint density at radius 2 is 2.03 bits per heavy atom. The van der Waals surface area contributed by atoms with Crippen molar-refractivity contribution in [3.63, 3.8) is 0 Å². The van der Waals surface area contributed by atoms with Crippen molar-refractivity contribution in [1.82, 2.24) is 19.3 Å². The van der Waals surface area contributed by atoms with Gasteiger partial charge in [-0.1, -0.05) is 6.92 Å². The Hall–Kier alpha value is -2.57. The Morgan fingerprint density at radius 3 is 2.63 bits per heavy atom. The van der Waals surface area contributed by atoms with Crippen LogP contribution in [0.1, 0.15) is 22.8 Å². The van der Waals surface area contributed by atoms with Crippen LogP contribution < -0.4 is 0 Å². The lowest BCUT2D eigenvalue weighted by Crippen LogP contribution is -2.13. The summed E-state index contributed by atoms with van der Waals surface area (Å²) in [5, 5.41) is 4.04. The molecule has 3 rings (SSSR count). The number of aromatic nitrogens is 4. The Balaban J connectivity index is 2.21.